The highest BCUT2D eigenvalue weighted by Crippen LogP contribution is 2.30. The summed E-state index contributed by atoms with van der Waals surface area (Å²) >= 11 is 0. The molecular formula is C18H27N3O3S. The average Bonchev–Trinajstić information content (AvgIpc) is 2.60. The number of aryl methyl sites for hydroxylation is 1. The second-order valence-corrected chi connectivity index (χ2v) is 8.98. The fourth-order valence-electron chi connectivity index (χ4n) is 3.85. The third kappa shape index (κ3) is 3.98. The number of carbonyl (C=O) groups is 1. The van der Waals surface area contributed by atoms with Crippen molar-refractivity contribution in [3.63, 3.8) is 0 Å². The maximum Gasteiger partial charge on any atom is 0.253 e. The van der Waals surface area contributed by atoms with Crippen LogP contribution >= 0.6 is 0 Å². The number of carbonyl (C=O) groups excluding carboxylic acids is 1. The fraction of sp³-hybridized carbons (Fsp3) is 0.611. The van der Waals surface area contributed by atoms with Gasteiger partial charge in [0.2, 0.25) is 10.0 Å². The van der Waals surface area contributed by atoms with Gasteiger partial charge < -0.3 is 10.2 Å². The summed E-state index contributed by atoms with van der Waals surface area (Å²) < 4.78 is 25.3. The molecule has 1 saturated heterocycles. The van der Waals surface area contributed by atoms with Crippen molar-refractivity contribution in [1.29, 1.82) is 0 Å². The van der Waals surface area contributed by atoms with E-state index in [2.05, 4.69) is 5.32 Å². The molecule has 6 nitrogen and oxygen atoms in total. The number of amides is 1. The van der Waals surface area contributed by atoms with Crippen molar-refractivity contribution in [2.75, 3.05) is 43.8 Å². The lowest BCUT2D eigenvalue weighted by molar-refractivity contribution is 0.0691. The zero-order valence-corrected chi connectivity index (χ0v) is 15.8. The minimum absolute atomic E-state index is 0.0576. The summed E-state index contributed by atoms with van der Waals surface area (Å²) in [6.07, 6.45) is 4.88. The molecule has 0 unspecified atom stereocenters. The van der Waals surface area contributed by atoms with Gasteiger partial charge in [-0.25, -0.2) is 8.42 Å². The number of hydrogen-bond acceptors (Lipinski definition) is 4. The first-order chi connectivity index (χ1) is 11.9. The Hall–Kier alpha value is -1.60. The molecule has 1 amide bonds. The van der Waals surface area contributed by atoms with Crippen LogP contribution in [0.25, 0.3) is 0 Å². The third-order valence-electron chi connectivity index (χ3n) is 5.20. The van der Waals surface area contributed by atoms with E-state index >= 15 is 0 Å². The Morgan fingerprint density at radius 3 is 2.60 bits per heavy atom. The number of rotatable bonds is 4. The van der Waals surface area contributed by atoms with Crippen LogP contribution in [0.2, 0.25) is 0 Å². The molecule has 0 aliphatic carbocycles. The first kappa shape index (κ1) is 18.2. The summed E-state index contributed by atoms with van der Waals surface area (Å²) in [6, 6.07) is 5.44. The van der Waals surface area contributed by atoms with E-state index in [-0.39, 0.29) is 5.91 Å². The molecule has 2 aliphatic heterocycles. The van der Waals surface area contributed by atoms with Crippen LogP contribution in [-0.4, -0.2) is 58.7 Å². The van der Waals surface area contributed by atoms with Crippen molar-refractivity contribution in [2.45, 2.75) is 25.7 Å². The number of likely N-dealkylation sites (tertiary alicyclic amines) is 1. The van der Waals surface area contributed by atoms with Crippen LogP contribution in [0.4, 0.5) is 5.69 Å². The Labute approximate surface area is 150 Å². The summed E-state index contributed by atoms with van der Waals surface area (Å²) in [5.74, 6) is 0.697. The van der Waals surface area contributed by atoms with Gasteiger partial charge in [0.25, 0.3) is 5.91 Å². The summed E-state index contributed by atoms with van der Waals surface area (Å²) in [5, 5.41) is 3.21. The lowest BCUT2D eigenvalue weighted by atomic mass is 9.95. The van der Waals surface area contributed by atoms with Gasteiger partial charge in [0.1, 0.15) is 0 Å². The number of sulfonamides is 1. The van der Waals surface area contributed by atoms with Crippen LogP contribution < -0.4 is 9.62 Å². The van der Waals surface area contributed by atoms with Gasteiger partial charge in [-0.05, 0) is 69.0 Å². The monoisotopic (exact) mass is 365 g/mol. The maximum atomic E-state index is 12.8. The molecule has 0 atom stereocenters. The van der Waals surface area contributed by atoms with Crippen molar-refractivity contribution < 1.29 is 13.2 Å². The normalized spacial score (nSPS) is 19.0. The summed E-state index contributed by atoms with van der Waals surface area (Å²) in [6.45, 7) is 3.09. The molecule has 7 heteroatoms. The van der Waals surface area contributed by atoms with E-state index in [0.29, 0.717) is 18.0 Å². The maximum absolute atomic E-state index is 12.8. The minimum atomic E-state index is -3.27. The molecule has 138 valence electrons. The zero-order valence-electron chi connectivity index (χ0n) is 15.0. The quantitative estimate of drug-likeness (QED) is 0.877. The number of nitrogens with one attached hydrogen (secondary N) is 1. The Kier molecular flexibility index (Phi) is 5.34. The molecule has 0 bridgehead atoms. The first-order valence-electron chi connectivity index (χ1n) is 8.94. The average molecular weight is 365 g/mol. The van der Waals surface area contributed by atoms with Gasteiger partial charge in [-0.15, -0.1) is 0 Å². The van der Waals surface area contributed by atoms with Crippen LogP contribution in [0.3, 0.4) is 0 Å². The third-order valence-corrected chi connectivity index (χ3v) is 6.38. The Morgan fingerprint density at radius 2 is 1.96 bits per heavy atom. The predicted molar refractivity (Wildman–Crippen MR) is 99.5 cm³/mol. The van der Waals surface area contributed by atoms with Crippen molar-refractivity contribution in [1.82, 2.24) is 10.2 Å². The summed E-state index contributed by atoms with van der Waals surface area (Å²) in [4.78, 5) is 14.7. The number of benzene rings is 1. The van der Waals surface area contributed by atoms with Gasteiger partial charge in [-0.1, -0.05) is 0 Å². The predicted octanol–water partition coefficient (Wildman–Crippen LogP) is 1.47. The lowest BCUT2D eigenvalue weighted by Gasteiger charge is -2.33. The van der Waals surface area contributed by atoms with E-state index in [1.54, 1.807) is 12.1 Å². The molecule has 1 fully saturated rings. The second kappa shape index (κ2) is 7.33. The second-order valence-electron chi connectivity index (χ2n) is 7.08. The molecule has 1 aromatic carbocycles. The fourth-order valence-corrected chi connectivity index (χ4v) is 4.85. The molecule has 3 rings (SSSR count). The molecule has 25 heavy (non-hydrogen) atoms. The van der Waals surface area contributed by atoms with Crippen LogP contribution in [-0.2, 0) is 16.4 Å². The van der Waals surface area contributed by atoms with Gasteiger partial charge in [0.15, 0.2) is 0 Å². The lowest BCUT2D eigenvalue weighted by Crippen LogP contribution is -2.40. The minimum Gasteiger partial charge on any atom is -0.339 e. The zero-order chi connectivity index (χ0) is 18.0. The highest BCUT2D eigenvalue weighted by atomic mass is 32.2. The topological polar surface area (TPSA) is 69.7 Å². The van der Waals surface area contributed by atoms with Crippen molar-refractivity contribution in [3.8, 4) is 0 Å². The first-order valence-corrected chi connectivity index (χ1v) is 10.8. The van der Waals surface area contributed by atoms with E-state index < -0.39 is 10.0 Å². The van der Waals surface area contributed by atoms with E-state index in [1.807, 2.05) is 18.0 Å². The molecule has 2 aliphatic rings. The molecule has 0 saturated carbocycles. The van der Waals surface area contributed by atoms with Crippen LogP contribution in [0.5, 0.6) is 0 Å². The number of anilines is 1. The molecule has 1 N–H and O–H groups in total. The van der Waals surface area contributed by atoms with Gasteiger partial charge in [-0.2, -0.15) is 0 Å². The van der Waals surface area contributed by atoms with Crippen molar-refractivity contribution in [3.05, 3.63) is 29.3 Å². The van der Waals surface area contributed by atoms with Crippen molar-refractivity contribution in [2.24, 2.45) is 5.92 Å². The number of fused-ring (bicyclic) bond motifs is 1. The van der Waals surface area contributed by atoms with Gasteiger partial charge in [-0.3, -0.25) is 9.10 Å². The highest BCUT2D eigenvalue weighted by molar-refractivity contribution is 7.92. The van der Waals surface area contributed by atoms with Gasteiger partial charge in [0.05, 0.1) is 11.9 Å². The number of nitrogens with zero attached hydrogens (tertiary/aromatic N) is 2. The molecule has 0 radical (unpaired) electrons. The van der Waals surface area contributed by atoms with E-state index in [1.165, 1.54) is 10.6 Å². The number of piperidine rings is 1. The Balaban J connectivity index is 1.75. The van der Waals surface area contributed by atoms with Gasteiger partial charge in [0, 0.05) is 25.2 Å². The van der Waals surface area contributed by atoms with E-state index in [9.17, 15) is 13.2 Å². The van der Waals surface area contributed by atoms with Crippen LogP contribution in [0.15, 0.2) is 18.2 Å². The van der Waals surface area contributed by atoms with Gasteiger partial charge >= 0.3 is 0 Å². The van der Waals surface area contributed by atoms with E-state index in [0.717, 1.165) is 56.6 Å². The molecule has 1 aromatic rings. The van der Waals surface area contributed by atoms with E-state index in [4.69, 9.17) is 0 Å². The van der Waals surface area contributed by atoms with Crippen molar-refractivity contribution >= 4 is 21.6 Å². The Bertz CT molecular complexity index is 740. The standard InChI is InChI=1S/C18H27N3O3S/c1-19-13-14-7-10-20(11-8-14)18(22)16-5-6-17-15(12-16)4-3-9-21(17)25(2,23)24/h5-6,12,14,19H,3-4,7-11,13H2,1-2H3. The highest BCUT2D eigenvalue weighted by Gasteiger charge is 2.27. The SMILES string of the molecule is CNCC1CCN(C(=O)c2ccc3c(c2)CCCN3S(C)(=O)=O)CC1. The summed E-state index contributed by atoms with van der Waals surface area (Å²) in [7, 11) is -1.31. The largest absolute Gasteiger partial charge is 0.339 e. The molecule has 2 heterocycles. The summed E-state index contributed by atoms with van der Waals surface area (Å²) in [5.41, 5.74) is 2.34. The number of hydrogen-bond donors (Lipinski definition) is 1. The Morgan fingerprint density at radius 1 is 1.24 bits per heavy atom. The molecule has 0 aromatic heterocycles. The smallest absolute Gasteiger partial charge is 0.253 e. The van der Waals surface area contributed by atoms with Crippen LogP contribution in [0, 0.1) is 5.92 Å². The van der Waals surface area contributed by atoms with Crippen LogP contribution in [0.1, 0.15) is 35.2 Å². The molecular weight excluding hydrogens is 338 g/mol. The molecule has 0 spiro atoms.